The van der Waals surface area contributed by atoms with Gasteiger partial charge in [0, 0.05) is 5.69 Å². The zero-order valence-electron chi connectivity index (χ0n) is 10.7. The van der Waals surface area contributed by atoms with E-state index in [1.807, 2.05) is 0 Å². The van der Waals surface area contributed by atoms with Gasteiger partial charge in [-0.15, -0.1) is 0 Å². The number of amides is 1. The second-order valence-corrected chi connectivity index (χ2v) is 4.94. The van der Waals surface area contributed by atoms with Crippen LogP contribution in [-0.2, 0) is 4.79 Å². The molecule has 0 aliphatic carbocycles. The van der Waals surface area contributed by atoms with Crippen molar-refractivity contribution in [1.29, 1.82) is 0 Å². The van der Waals surface area contributed by atoms with Crippen molar-refractivity contribution in [2.24, 2.45) is 0 Å². The third kappa shape index (κ3) is 4.00. The molecule has 2 rings (SSSR count). The lowest BCUT2D eigenvalue weighted by Crippen LogP contribution is -2.20. The quantitative estimate of drug-likeness (QED) is 0.840. The van der Waals surface area contributed by atoms with Crippen LogP contribution >= 0.6 is 23.2 Å². The molecule has 0 aliphatic heterocycles. The van der Waals surface area contributed by atoms with Crippen LogP contribution in [0.5, 0.6) is 5.75 Å². The fourth-order valence-electron chi connectivity index (χ4n) is 1.56. The van der Waals surface area contributed by atoms with E-state index in [0.717, 1.165) is 0 Å². The minimum absolute atomic E-state index is 0.0709. The van der Waals surface area contributed by atoms with Gasteiger partial charge in [-0.2, -0.15) is 0 Å². The third-order valence-electron chi connectivity index (χ3n) is 2.55. The van der Waals surface area contributed by atoms with Crippen molar-refractivity contribution in [2.75, 3.05) is 17.7 Å². The van der Waals surface area contributed by atoms with Gasteiger partial charge in [0.2, 0.25) is 0 Å². The number of rotatable bonds is 4. The zero-order chi connectivity index (χ0) is 15.4. The van der Waals surface area contributed by atoms with Gasteiger partial charge in [0.05, 0.1) is 15.7 Å². The lowest BCUT2D eigenvalue weighted by Gasteiger charge is -2.09. The van der Waals surface area contributed by atoms with E-state index in [0.29, 0.717) is 16.4 Å². The molecule has 0 radical (unpaired) electrons. The van der Waals surface area contributed by atoms with Gasteiger partial charge in [0.15, 0.2) is 18.2 Å². The van der Waals surface area contributed by atoms with Crippen LogP contribution in [0.25, 0.3) is 0 Å². The number of hydrogen-bond donors (Lipinski definition) is 2. The van der Waals surface area contributed by atoms with Crippen LogP contribution in [0, 0.1) is 5.82 Å². The molecule has 0 saturated carbocycles. The molecule has 2 aromatic carbocycles. The summed E-state index contributed by atoms with van der Waals surface area (Å²) in [4.78, 5) is 11.7. The van der Waals surface area contributed by atoms with Crippen LogP contribution < -0.4 is 15.8 Å². The van der Waals surface area contributed by atoms with Crippen molar-refractivity contribution in [3.63, 3.8) is 0 Å². The number of halogens is 3. The molecule has 21 heavy (non-hydrogen) atoms. The van der Waals surface area contributed by atoms with Crippen LogP contribution in [0.4, 0.5) is 15.8 Å². The minimum atomic E-state index is -0.706. The lowest BCUT2D eigenvalue weighted by molar-refractivity contribution is -0.118. The highest BCUT2D eigenvalue weighted by molar-refractivity contribution is 6.33. The van der Waals surface area contributed by atoms with Crippen molar-refractivity contribution in [2.45, 2.75) is 0 Å². The summed E-state index contributed by atoms with van der Waals surface area (Å²) in [6.45, 7) is -0.361. The van der Waals surface area contributed by atoms with Gasteiger partial charge in [-0.1, -0.05) is 29.3 Å². The molecule has 0 aliphatic rings. The molecule has 0 bridgehead atoms. The smallest absolute Gasteiger partial charge is 0.262 e. The van der Waals surface area contributed by atoms with Crippen molar-refractivity contribution in [1.82, 2.24) is 0 Å². The first-order valence-electron chi connectivity index (χ1n) is 5.89. The number of carbonyl (C=O) groups excluding carboxylic acids is 1. The number of benzene rings is 2. The third-order valence-corrected chi connectivity index (χ3v) is 3.19. The predicted molar refractivity (Wildman–Crippen MR) is 81.4 cm³/mol. The second kappa shape index (κ2) is 6.65. The zero-order valence-corrected chi connectivity index (χ0v) is 12.2. The summed E-state index contributed by atoms with van der Waals surface area (Å²) in [6.07, 6.45) is 0. The summed E-state index contributed by atoms with van der Waals surface area (Å²) >= 11 is 11.4. The molecule has 0 aromatic heterocycles. The molecule has 0 atom stereocenters. The van der Waals surface area contributed by atoms with Crippen LogP contribution in [0.1, 0.15) is 0 Å². The van der Waals surface area contributed by atoms with E-state index in [1.54, 1.807) is 12.1 Å². The Morgan fingerprint density at radius 3 is 2.71 bits per heavy atom. The fraction of sp³-hybridized carbons (Fsp3) is 0.0714. The Morgan fingerprint density at radius 1 is 1.24 bits per heavy atom. The van der Waals surface area contributed by atoms with E-state index in [1.165, 1.54) is 24.3 Å². The average Bonchev–Trinajstić information content (AvgIpc) is 2.44. The molecular weight excluding hydrogens is 318 g/mol. The van der Waals surface area contributed by atoms with E-state index in [2.05, 4.69) is 5.32 Å². The topological polar surface area (TPSA) is 64.3 Å². The van der Waals surface area contributed by atoms with Gasteiger partial charge in [0.25, 0.3) is 5.91 Å². The maximum absolute atomic E-state index is 13.6. The molecule has 0 unspecified atom stereocenters. The highest BCUT2D eigenvalue weighted by Gasteiger charge is 2.10. The van der Waals surface area contributed by atoms with E-state index < -0.39 is 11.7 Å². The number of nitrogens with two attached hydrogens (primary N) is 1. The normalized spacial score (nSPS) is 10.2. The van der Waals surface area contributed by atoms with Gasteiger partial charge < -0.3 is 15.8 Å². The van der Waals surface area contributed by atoms with Gasteiger partial charge in [-0.3, -0.25) is 4.79 Å². The molecule has 0 heterocycles. The first-order chi connectivity index (χ1) is 9.97. The van der Waals surface area contributed by atoms with Crippen molar-refractivity contribution < 1.29 is 13.9 Å². The molecule has 0 spiro atoms. The monoisotopic (exact) mass is 328 g/mol. The van der Waals surface area contributed by atoms with Crippen LogP contribution in [0.15, 0.2) is 36.4 Å². The van der Waals surface area contributed by atoms with Crippen molar-refractivity contribution in [3.05, 3.63) is 52.3 Å². The molecule has 0 fully saturated rings. The Morgan fingerprint density at radius 2 is 2.00 bits per heavy atom. The summed E-state index contributed by atoms with van der Waals surface area (Å²) in [6, 6.07) is 8.97. The molecular formula is C14H11Cl2FN2O2. The highest BCUT2D eigenvalue weighted by atomic mass is 35.5. The largest absolute Gasteiger partial charge is 0.481 e. The fourth-order valence-corrected chi connectivity index (χ4v) is 1.84. The van der Waals surface area contributed by atoms with Gasteiger partial charge in [-0.05, 0) is 30.3 Å². The van der Waals surface area contributed by atoms with E-state index >= 15 is 0 Å². The van der Waals surface area contributed by atoms with E-state index in [-0.39, 0.29) is 17.4 Å². The summed E-state index contributed by atoms with van der Waals surface area (Å²) < 4.78 is 18.6. The number of anilines is 2. The van der Waals surface area contributed by atoms with E-state index in [9.17, 15) is 9.18 Å². The predicted octanol–water partition coefficient (Wildman–Crippen LogP) is 3.73. The molecule has 7 heteroatoms. The number of carbonyl (C=O) groups is 1. The summed E-state index contributed by atoms with van der Waals surface area (Å²) in [5.41, 5.74) is 6.43. The Hall–Kier alpha value is -1.98. The molecule has 3 N–H and O–H groups in total. The number of hydrogen-bond acceptors (Lipinski definition) is 3. The second-order valence-electron chi connectivity index (χ2n) is 4.13. The lowest BCUT2D eigenvalue weighted by atomic mass is 10.3. The molecule has 4 nitrogen and oxygen atoms in total. The van der Waals surface area contributed by atoms with Gasteiger partial charge >= 0.3 is 0 Å². The van der Waals surface area contributed by atoms with Crippen LogP contribution in [0.3, 0.4) is 0 Å². The summed E-state index contributed by atoms with van der Waals surface area (Å²) in [5.74, 6) is -1.26. The highest BCUT2D eigenvalue weighted by Crippen LogP contribution is 2.24. The minimum Gasteiger partial charge on any atom is -0.481 e. The Kier molecular flexibility index (Phi) is 4.88. The Balaban J connectivity index is 1.96. The van der Waals surface area contributed by atoms with Gasteiger partial charge in [-0.25, -0.2) is 4.39 Å². The number of ether oxygens (including phenoxy) is 1. The Bertz CT molecular complexity index is 680. The first-order valence-corrected chi connectivity index (χ1v) is 6.64. The van der Waals surface area contributed by atoms with Crippen LogP contribution in [0.2, 0.25) is 10.0 Å². The number of nitrogens with one attached hydrogen (secondary N) is 1. The number of nitrogen functional groups attached to an aromatic ring is 1. The molecule has 110 valence electrons. The Labute approximate surface area is 130 Å². The average molecular weight is 329 g/mol. The maximum Gasteiger partial charge on any atom is 0.262 e. The SMILES string of the molecule is Nc1cc(NC(=O)COc2cccc(Cl)c2F)ccc1Cl. The molecule has 1 amide bonds. The first kappa shape index (κ1) is 15.4. The van der Waals surface area contributed by atoms with Crippen molar-refractivity contribution >= 4 is 40.5 Å². The van der Waals surface area contributed by atoms with Gasteiger partial charge in [0.1, 0.15) is 0 Å². The summed E-state index contributed by atoms with van der Waals surface area (Å²) in [5, 5.41) is 2.88. The summed E-state index contributed by atoms with van der Waals surface area (Å²) in [7, 11) is 0. The van der Waals surface area contributed by atoms with Crippen molar-refractivity contribution in [3.8, 4) is 5.75 Å². The van der Waals surface area contributed by atoms with Crippen LogP contribution in [-0.4, -0.2) is 12.5 Å². The molecule has 0 saturated heterocycles. The molecule has 2 aromatic rings. The maximum atomic E-state index is 13.6. The standard InChI is InChI=1S/C14H11Cl2FN2O2/c15-9-5-4-8(6-11(9)18)19-13(20)7-21-12-3-1-2-10(16)14(12)17/h1-6H,7,18H2,(H,19,20). The van der Waals surface area contributed by atoms with E-state index in [4.69, 9.17) is 33.7 Å².